The molecule has 0 fully saturated rings. The van der Waals surface area contributed by atoms with Crippen molar-refractivity contribution in [3.63, 3.8) is 0 Å². The molecule has 110 valence electrons. The number of hydrogen-bond acceptors (Lipinski definition) is 1. The van der Waals surface area contributed by atoms with E-state index in [1.165, 1.54) is 47.1 Å². The fourth-order valence-electron chi connectivity index (χ4n) is 4.44. The first-order valence-corrected chi connectivity index (χ1v) is 8.20. The van der Waals surface area contributed by atoms with Gasteiger partial charge in [-0.1, -0.05) is 30.7 Å². The predicted molar refractivity (Wildman–Crippen MR) is 88.9 cm³/mol. The molecule has 2 aliphatic rings. The Kier molecular flexibility index (Phi) is 2.97. The number of hydrogen-bond donors (Lipinski definition) is 1. The van der Waals surface area contributed by atoms with Crippen molar-refractivity contribution < 1.29 is 0 Å². The molecular formula is C19H24N2. The van der Waals surface area contributed by atoms with Gasteiger partial charge in [0.15, 0.2) is 0 Å². The van der Waals surface area contributed by atoms with Gasteiger partial charge >= 0.3 is 0 Å². The standard InChI is InChI=1S/C19H24N2/c1-4-8-21-11-12(2)9-16-14-6-5-7-17-19(14)15(10-18(16)21)13(3)20-17/h5-7,9,16,18,20H,4,8,10-11H2,1-3H3/t16-,18-/m1/s1. The van der Waals surface area contributed by atoms with E-state index in [-0.39, 0.29) is 0 Å². The van der Waals surface area contributed by atoms with Gasteiger partial charge in [-0.25, -0.2) is 0 Å². The van der Waals surface area contributed by atoms with Gasteiger partial charge in [-0.2, -0.15) is 0 Å². The first-order valence-electron chi connectivity index (χ1n) is 8.20. The Labute approximate surface area is 126 Å². The number of benzene rings is 1. The quantitative estimate of drug-likeness (QED) is 0.819. The van der Waals surface area contributed by atoms with Crippen LogP contribution in [-0.4, -0.2) is 29.0 Å². The van der Waals surface area contributed by atoms with Gasteiger partial charge in [0.1, 0.15) is 0 Å². The van der Waals surface area contributed by atoms with E-state index >= 15 is 0 Å². The number of nitrogens with one attached hydrogen (secondary N) is 1. The SMILES string of the molecule is CCCN1CC(C)=C[C@@H]2c3cccc4[nH]c(C)c(c34)C[C@H]21. The highest BCUT2D eigenvalue weighted by atomic mass is 15.2. The zero-order valence-corrected chi connectivity index (χ0v) is 13.2. The molecule has 1 aromatic heterocycles. The average Bonchev–Trinajstić information content (AvgIpc) is 2.78. The van der Waals surface area contributed by atoms with Crippen LogP contribution < -0.4 is 0 Å². The number of aryl methyl sites for hydroxylation is 1. The van der Waals surface area contributed by atoms with Crippen LogP contribution in [0.25, 0.3) is 10.9 Å². The Morgan fingerprint density at radius 3 is 2.95 bits per heavy atom. The van der Waals surface area contributed by atoms with Crippen LogP contribution in [0, 0.1) is 6.92 Å². The third kappa shape index (κ3) is 1.89. The molecule has 0 radical (unpaired) electrons. The number of rotatable bonds is 2. The minimum absolute atomic E-state index is 0.566. The summed E-state index contributed by atoms with van der Waals surface area (Å²) in [5.74, 6) is 0.566. The maximum absolute atomic E-state index is 3.59. The van der Waals surface area contributed by atoms with Crippen molar-refractivity contribution in [1.82, 2.24) is 9.88 Å². The molecule has 4 rings (SSSR count). The number of aromatic nitrogens is 1. The summed E-state index contributed by atoms with van der Waals surface area (Å²) in [5, 5.41) is 1.50. The molecule has 21 heavy (non-hydrogen) atoms. The van der Waals surface area contributed by atoms with Crippen LogP contribution in [0.15, 0.2) is 29.8 Å². The van der Waals surface area contributed by atoms with Gasteiger partial charge in [-0.3, -0.25) is 4.90 Å². The molecule has 2 heterocycles. The van der Waals surface area contributed by atoms with Gasteiger partial charge < -0.3 is 4.98 Å². The van der Waals surface area contributed by atoms with Crippen LogP contribution in [0.1, 0.15) is 43.0 Å². The molecule has 0 saturated heterocycles. The third-order valence-corrected chi connectivity index (χ3v) is 5.26. The van der Waals surface area contributed by atoms with Crippen LogP contribution in [0.3, 0.4) is 0 Å². The molecule has 1 aromatic carbocycles. The number of H-pyrrole nitrogens is 1. The Balaban J connectivity index is 1.91. The van der Waals surface area contributed by atoms with E-state index in [0.717, 1.165) is 6.54 Å². The maximum Gasteiger partial charge on any atom is 0.0461 e. The van der Waals surface area contributed by atoms with Gasteiger partial charge in [0.2, 0.25) is 0 Å². The van der Waals surface area contributed by atoms with Crippen molar-refractivity contribution in [2.24, 2.45) is 0 Å². The smallest absolute Gasteiger partial charge is 0.0461 e. The van der Waals surface area contributed by atoms with E-state index in [1.54, 1.807) is 5.56 Å². The second kappa shape index (κ2) is 4.74. The topological polar surface area (TPSA) is 19.0 Å². The summed E-state index contributed by atoms with van der Waals surface area (Å²) < 4.78 is 0. The third-order valence-electron chi connectivity index (χ3n) is 5.26. The minimum atomic E-state index is 0.566. The summed E-state index contributed by atoms with van der Waals surface area (Å²) in [5.41, 5.74) is 7.28. The molecule has 0 saturated carbocycles. The molecule has 0 unspecified atom stereocenters. The lowest BCUT2D eigenvalue weighted by Crippen LogP contribution is -2.46. The highest BCUT2D eigenvalue weighted by Gasteiger charge is 2.36. The second-order valence-electron chi connectivity index (χ2n) is 6.78. The molecule has 2 nitrogen and oxygen atoms in total. The lowest BCUT2D eigenvalue weighted by atomic mass is 9.76. The molecule has 0 bridgehead atoms. The predicted octanol–water partition coefficient (Wildman–Crippen LogP) is 4.16. The van der Waals surface area contributed by atoms with Crippen molar-refractivity contribution in [2.45, 2.75) is 45.6 Å². The highest BCUT2D eigenvalue weighted by molar-refractivity contribution is 5.90. The molecule has 1 aliphatic heterocycles. The normalized spacial score (nSPS) is 25.0. The van der Waals surface area contributed by atoms with E-state index < -0.39 is 0 Å². The Hall–Kier alpha value is -1.54. The van der Waals surface area contributed by atoms with Crippen LogP contribution in [0.5, 0.6) is 0 Å². The number of nitrogens with zero attached hydrogens (tertiary/aromatic N) is 1. The number of aromatic amines is 1. The summed E-state index contributed by atoms with van der Waals surface area (Å²) in [6, 6.07) is 7.41. The number of fused-ring (bicyclic) bond motifs is 2. The van der Waals surface area contributed by atoms with E-state index in [4.69, 9.17) is 0 Å². The Bertz CT molecular complexity index is 722. The lowest BCUT2D eigenvalue weighted by Gasteiger charge is -2.43. The summed E-state index contributed by atoms with van der Waals surface area (Å²) in [4.78, 5) is 6.29. The van der Waals surface area contributed by atoms with Gasteiger partial charge in [-0.15, -0.1) is 0 Å². The molecule has 2 heteroatoms. The molecule has 2 aromatic rings. The molecule has 2 atom stereocenters. The second-order valence-corrected chi connectivity index (χ2v) is 6.78. The van der Waals surface area contributed by atoms with E-state index in [1.807, 2.05) is 0 Å². The van der Waals surface area contributed by atoms with Crippen LogP contribution in [-0.2, 0) is 6.42 Å². The minimum Gasteiger partial charge on any atom is -0.358 e. The molecule has 0 amide bonds. The van der Waals surface area contributed by atoms with E-state index in [9.17, 15) is 0 Å². The summed E-state index contributed by atoms with van der Waals surface area (Å²) >= 11 is 0. The van der Waals surface area contributed by atoms with Crippen molar-refractivity contribution in [3.8, 4) is 0 Å². The Morgan fingerprint density at radius 1 is 1.29 bits per heavy atom. The summed E-state index contributed by atoms with van der Waals surface area (Å²) in [6.07, 6.45) is 4.95. The van der Waals surface area contributed by atoms with Crippen molar-refractivity contribution in [2.75, 3.05) is 13.1 Å². The zero-order chi connectivity index (χ0) is 14.6. The Morgan fingerprint density at radius 2 is 2.14 bits per heavy atom. The van der Waals surface area contributed by atoms with Gasteiger partial charge in [0.05, 0.1) is 0 Å². The van der Waals surface area contributed by atoms with Crippen LogP contribution in [0.4, 0.5) is 0 Å². The average molecular weight is 280 g/mol. The van der Waals surface area contributed by atoms with Crippen molar-refractivity contribution >= 4 is 10.9 Å². The highest BCUT2D eigenvalue weighted by Crippen LogP contribution is 2.43. The van der Waals surface area contributed by atoms with E-state index in [0.29, 0.717) is 12.0 Å². The van der Waals surface area contributed by atoms with Gasteiger partial charge in [0, 0.05) is 35.1 Å². The first-order chi connectivity index (χ1) is 10.2. The first kappa shape index (κ1) is 13.1. The molecule has 1 N–H and O–H groups in total. The largest absolute Gasteiger partial charge is 0.358 e. The van der Waals surface area contributed by atoms with Crippen molar-refractivity contribution in [1.29, 1.82) is 0 Å². The zero-order valence-electron chi connectivity index (χ0n) is 13.2. The maximum atomic E-state index is 3.59. The fraction of sp³-hybridized carbons (Fsp3) is 0.474. The summed E-state index contributed by atoms with van der Waals surface area (Å²) in [6.45, 7) is 9.16. The van der Waals surface area contributed by atoms with Crippen LogP contribution in [0.2, 0.25) is 0 Å². The monoisotopic (exact) mass is 280 g/mol. The van der Waals surface area contributed by atoms with E-state index in [2.05, 4.69) is 54.9 Å². The van der Waals surface area contributed by atoms with Crippen molar-refractivity contribution in [3.05, 3.63) is 46.7 Å². The van der Waals surface area contributed by atoms with Crippen LogP contribution >= 0.6 is 0 Å². The molecule has 0 spiro atoms. The molecular weight excluding hydrogens is 256 g/mol. The van der Waals surface area contributed by atoms with Gasteiger partial charge in [-0.05, 0) is 50.4 Å². The summed E-state index contributed by atoms with van der Waals surface area (Å²) in [7, 11) is 0. The van der Waals surface area contributed by atoms with Gasteiger partial charge in [0.25, 0.3) is 0 Å². The molecule has 1 aliphatic carbocycles. The fourth-order valence-corrected chi connectivity index (χ4v) is 4.44. The lowest BCUT2D eigenvalue weighted by molar-refractivity contribution is 0.182.